The predicted octanol–water partition coefficient (Wildman–Crippen LogP) is 3.81. The number of rotatable bonds is 9. The largest absolute Gasteiger partial charge is 0.385 e. The Labute approximate surface area is 168 Å². The molecule has 0 aliphatic carbocycles. The van der Waals surface area contributed by atoms with Gasteiger partial charge >= 0.3 is 0 Å². The molecule has 0 fully saturated rings. The maximum absolute atomic E-state index is 12.1. The van der Waals surface area contributed by atoms with E-state index in [0.717, 1.165) is 6.42 Å². The summed E-state index contributed by atoms with van der Waals surface area (Å²) >= 11 is 12.0. The second kappa shape index (κ2) is 10.8. The second-order valence-electron chi connectivity index (χ2n) is 5.71. The standard InChI is InChI=1S/C19H21Cl2N3O3/c1-27-10-2-9-22-19(26)13-3-6-15(7-4-13)24-18(25)12-23-17-11-14(20)5-8-16(17)21/h3-8,11,23H,2,9-10,12H2,1H3,(H,22,26)(H,24,25). The van der Waals surface area contributed by atoms with Crippen LogP contribution in [0.5, 0.6) is 0 Å². The molecule has 2 amide bonds. The number of hydrogen-bond donors (Lipinski definition) is 3. The van der Waals surface area contributed by atoms with Gasteiger partial charge in [-0.2, -0.15) is 0 Å². The first-order valence-corrected chi connectivity index (χ1v) is 9.11. The third kappa shape index (κ3) is 7.09. The van der Waals surface area contributed by atoms with Crippen LogP contribution in [0.25, 0.3) is 0 Å². The number of hydrogen-bond acceptors (Lipinski definition) is 4. The van der Waals surface area contributed by atoms with E-state index in [0.29, 0.717) is 40.1 Å². The van der Waals surface area contributed by atoms with Crippen molar-refractivity contribution >= 4 is 46.4 Å². The first-order chi connectivity index (χ1) is 13.0. The second-order valence-corrected chi connectivity index (χ2v) is 6.55. The summed E-state index contributed by atoms with van der Waals surface area (Å²) in [4.78, 5) is 24.1. The molecule has 0 radical (unpaired) electrons. The van der Waals surface area contributed by atoms with E-state index in [1.807, 2.05) is 0 Å². The summed E-state index contributed by atoms with van der Waals surface area (Å²) in [5, 5.41) is 9.49. The van der Waals surface area contributed by atoms with E-state index in [1.165, 1.54) is 0 Å². The highest BCUT2D eigenvalue weighted by Crippen LogP contribution is 2.25. The molecule has 0 aliphatic heterocycles. The van der Waals surface area contributed by atoms with E-state index >= 15 is 0 Å². The van der Waals surface area contributed by atoms with E-state index < -0.39 is 0 Å². The number of carbonyl (C=O) groups excluding carboxylic acids is 2. The monoisotopic (exact) mass is 409 g/mol. The van der Waals surface area contributed by atoms with Gasteiger partial charge in [-0.25, -0.2) is 0 Å². The highest BCUT2D eigenvalue weighted by Gasteiger charge is 2.08. The molecule has 0 aliphatic rings. The molecule has 0 atom stereocenters. The third-order valence-electron chi connectivity index (χ3n) is 3.61. The number of amides is 2. The Hall–Kier alpha value is -2.28. The third-order valence-corrected chi connectivity index (χ3v) is 4.17. The Bertz CT molecular complexity index is 782. The summed E-state index contributed by atoms with van der Waals surface area (Å²) in [6, 6.07) is 11.6. The zero-order valence-electron chi connectivity index (χ0n) is 14.9. The Morgan fingerprint density at radius 1 is 1.07 bits per heavy atom. The van der Waals surface area contributed by atoms with Crippen molar-refractivity contribution in [2.24, 2.45) is 0 Å². The zero-order chi connectivity index (χ0) is 19.6. The predicted molar refractivity (Wildman–Crippen MR) is 109 cm³/mol. The Balaban J connectivity index is 1.82. The molecule has 0 aromatic heterocycles. The summed E-state index contributed by atoms with van der Waals surface area (Å²) in [6.07, 6.45) is 0.750. The zero-order valence-corrected chi connectivity index (χ0v) is 16.4. The van der Waals surface area contributed by atoms with Crippen molar-refractivity contribution in [3.8, 4) is 0 Å². The molecule has 2 aromatic rings. The SMILES string of the molecule is COCCCNC(=O)c1ccc(NC(=O)CNc2cc(Cl)ccc2Cl)cc1. The van der Waals surface area contributed by atoms with Crippen molar-refractivity contribution in [2.45, 2.75) is 6.42 Å². The van der Waals surface area contributed by atoms with Gasteiger partial charge < -0.3 is 20.7 Å². The van der Waals surface area contributed by atoms with Crippen LogP contribution in [-0.2, 0) is 9.53 Å². The van der Waals surface area contributed by atoms with Gasteiger partial charge in [0.15, 0.2) is 0 Å². The number of nitrogens with one attached hydrogen (secondary N) is 3. The summed E-state index contributed by atoms with van der Waals surface area (Å²) in [6.45, 7) is 1.17. The Kier molecular flexibility index (Phi) is 8.39. The van der Waals surface area contributed by atoms with Gasteiger partial charge in [0, 0.05) is 36.5 Å². The molecular formula is C19H21Cl2N3O3. The van der Waals surface area contributed by atoms with Gasteiger partial charge in [-0.15, -0.1) is 0 Å². The van der Waals surface area contributed by atoms with Gasteiger partial charge in [0.25, 0.3) is 5.91 Å². The topological polar surface area (TPSA) is 79.5 Å². The molecule has 27 heavy (non-hydrogen) atoms. The van der Waals surface area contributed by atoms with Crippen molar-refractivity contribution in [1.29, 1.82) is 0 Å². The van der Waals surface area contributed by atoms with Crippen molar-refractivity contribution in [2.75, 3.05) is 37.4 Å². The van der Waals surface area contributed by atoms with Crippen LogP contribution in [0, 0.1) is 0 Å². The number of carbonyl (C=O) groups is 2. The van der Waals surface area contributed by atoms with Crippen LogP contribution in [0.1, 0.15) is 16.8 Å². The number of methoxy groups -OCH3 is 1. The molecule has 0 unspecified atom stereocenters. The lowest BCUT2D eigenvalue weighted by Gasteiger charge is -2.10. The molecule has 144 valence electrons. The number of benzene rings is 2. The van der Waals surface area contributed by atoms with Gasteiger partial charge in [0.1, 0.15) is 0 Å². The maximum atomic E-state index is 12.1. The Morgan fingerprint density at radius 2 is 1.81 bits per heavy atom. The fourth-order valence-corrected chi connectivity index (χ4v) is 2.60. The fraction of sp³-hybridized carbons (Fsp3) is 0.263. The van der Waals surface area contributed by atoms with Gasteiger partial charge in [-0.05, 0) is 48.9 Å². The first kappa shape index (κ1) is 21.0. The minimum Gasteiger partial charge on any atom is -0.385 e. The van der Waals surface area contributed by atoms with E-state index in [4.69, 9.17) is 27.9 Å². The summed E-state index contributed by atoms with van der Waals surface area (Å²) < 4.78 is 4.93. The molecule has 0 saturated carbocycles. The van der Waals surface area contributed by atoms with Gasteiger partial charge in [-0.1, -0.05) is 23.2 Å². The van der Waals surface area contributed by atoms with Crippen molar-refractivity contribution in [3.05, 3.63) is 58.1 Å². The molecule has 8 heteroatoms. The van der Waals surface area contributed by atoms with Crippen LogP contribution in [0.4, 0.5) is 11.4 Å². The van der Waals surface area contributed by atoms with Crippen LogP contribution in [0.2, 0.25) is 10.0 Å². The lowest BCUT2D eigenvalue weighted by molar-refractivity contribution is -0.114. The van der Waals surface area contributed by atoms with E-state index in [2.05, 4.69) is 16.0 Å². The molecule has 0 heterocycles. The minimum absolute atomic E-state index is 0.0296. The molecular weight excluding hydrogens is 389 g/mol. The van der Waals surface area contributed by atoms with Crippen LogP contribution in [0.15, 0.2) is 42.5 Å². The molecule has 6 nitrogen and oxygen atoms in total. The van der Waals surface area contributed by atoms with Crippen molar-refractivity contribution < 1.29 is 14.3 Å². The van der Waals surface area contributed by atoms with Gasteiger partial charge in [-0.3, -0.25) is 9.59 Å². The van der Waals surface area contributed by atoms with Crippen LogP contribution < -0.4 is 16.0 Å². The quantitative estimate of drug-likeness (QED) is 0.550. The number of ether oxygens (including phenoxy) is 1. The number of anilines is 2. The average molecular weight is 410 g/mol. The lowest BCUT2D eigenvalue weighted by Crippen LogP contribution is -2.25. The Morgan fingerprint density at radius 3 is 2.52 bits per heavy atom. The minimum atomic E-state index is -0.247. The van der Waals surface area contributed by atoms with Crippen molar-refractivity contribution in [3.63, 3.8) is 0 Å². The smallest absolute Gasteiger partial charge is 0.251 e. The van der Waals surface area contributed by atoms with E-state index in [1.54, 1.807) is 49.6 Å². The fourth-order valence-electron chi connectivity index (χ4n) is 2.24. The summed E-state index contributed by atoms with van der Waals surface area (Å²) in [5.41, 5.74) is 1.70. The highest BCUT2D eigenvalue weighted by molar-refractivity contribution is 6.35. The summed E-state index contributed by atoms with van der Waals surface area (Å²) in [5.74, 6) is -0.413. The molecule has 2 aromatic carbocycles. The highest BCUT2D eigenvalue weighted by atomic mass is 35.5. The van der Waals surface area contributed by atoms with Crippen LogP contribution in [-0.4, -0.2) is 38.6 Å². The van der Waals surface area contributed by atoms with Crippen LogP contribution in [0.3, 0.4) is 0 Å². The molecule has 0 saturated heterocycles. The number of halogens is 2. The lowest BCUT2D eigenvalue weighted by atomic mass is 10.2. The van der Waals surface area contributed by atoms with E-state index in [9.17, 15) is 9.59 Å². The van der Waals surface area contributed by atoms with Gasteiger partial charge in [0.05, 0.1) is 17.3 Å². The van der Waals surface area contributed by atoms with Crippen LogP contribution >= 0.6 is 23.2 Å². The molecule has 0 bridgehead atoms. The van der Waals surface area contributed by atoms with Gasteiger partial charge in [0.2, 0.25) is 5.91 Å². The summed E-state index contributed by atoms with van der Waals surface area (Å²) in [7, 11) is 1.62. The maximum Gasteiger partial charge on any atom is 0.251 e. The first-order valence-electron chi connectivity index (χ1n) is 8.35. The van der Waals surface area contributed by atoms with Crippen molar-refractivity contribution in [1.82, 2.24) is 5.32 Å². The normalized spacial score (nSPS) is 10.3. The molecule has 3 N–H and O–H groups in total. The molecule has 2 rings (SSSR count). The van der Waals surface area contributed by atoms with E-state index in [-0.39, 0.29) is 18.4 Å². The average Bonchev–Trinajstić information content (AvgIpc) is 2.66. The molecule has 0 spiro atoms.